The maximum absolute atomic E-state index is 5.96. The van der Waals surface area contributed by atoms with E-state index in [1.165, 1.54) is 5.56 Å². The van der Waals surface area contributed by atoms with Crippen LogP contribution in [-0.2, 0) is 13.7 Å². The number of fused-ring (bicyclic) bond motifs is 1. The summed E-state index contributed by atoms with van der Waals surface area (Å²) in [6.07, 6.45) is 0. The van der Waals surface area contributed by atoms with Gasteiger partial charge in [-0.25, -0.2) is 4.98 Å². The second kappa shape index (κ2) is 6.92. The Hall–Kier alpha value is -3.27. The molecule has 26 heavy (non-hydrogen) atoms. The molecule has 0 saturated carbocycles. The van der Waals surface area contributed by atoms with E-state index in [1.54, 1.807) is 0 Å². The number of aryl methyl sites for hydroxylation is 2. The lowest BCUT2D eigenvalue weighted by Gasteiger charge is -2.07. The van der Waals surface area contributed by atoms with Crippen molar-refractivity contribution in [1.82, 2.24) is 9.55 Å². The summed E-state index contributed by atoms with van der Waals surface area (Å²) in [5.74, 6) is 3.32. The summed E-state index contributed by atoms with van der Waals surface area (Å²) in [6.45, 7) is 2.48. The number of hydrogen-bond donors (Lipinski definition) is 0. The summed E-state index contributed by atoms with van der Waals surface area (Å²) < 4.78 is 13.8. The van der Waals surface area contributed by atoms with Crippen LogP contribution in [0, 0.1) is 6.92 Å². The van der Waals surface area contributed by atoms with Crippen LogP contribution in [0.25, 0.3) is 11.0 Å². The van der Waals surface area contributed by atoms with Gasteiger partial charge in [-0.1, -0.05) is 35.9 Å². The summed E-state index contributed by atoms with van der Waals surface area (Å²) in [5.41, 5.74) is 3.15. The van der Waals surface area contributed by atoms with Crippen molar-refractivity contribution in [3.05, 3.63) is 84.2 Å². The van der Waals surface area contributed by atoms with Crippen LogP contribution in [-0.4, -0.2) is 9.55 Å². The molecule has 0 unspecified atom stereocenters. The van der Waals surface area contributed by atoms with Crippen LogP contribution in [0.4, 0.5) is 0 Å². The molecule has 0 bridgehead atoms. The van der Waals surface area contributed by atoms with Gasteiger partial charge in [0, 0.05) is 13.1 Å². The Morgan fingerprint density at radius 3 is 2.35 bits per heavy atom. The minimum absolute atomic E-state index is 0.420. The van der Waals surface area contributed by atoms with Crippen molar-refractivity contribution in [2.45, 2.75) is 13.5 Å². The van der Waals surface area contributed by atoms with Crippen LogP contribution in [0.5, 0.6) is 17.2 Å². The van der Waals surface area contributed by atoms with E-state index < -0.39 is 0 Å². The monoisotopic (exact) mass is 344 g/mol. The molecule has 3 aromatic carbocycles. The molecule has 4 heteroatoms. The fourth-order valence-electron chi connectivity index (χ4n) is 2.82. The van der Waals surface area contributed by atoms with Crippen molar-refractivity contribution in [3.63, 3.8) is 0 Å². The van der Waals surface area contributed by atoms with Gasteiger partial charge < -0.3 is 14.0 Å². The largest absolute Gasteiger partial charge is 0.486 e. The molecule has 1 heterocycles. The molecule has 0 aliphatic heterocycles. The number of ether oxygens (including phenoxy) is 2. The van der Waals surface area contributed by atoms with Crippen LogP contribution in [0.3, 0.4) is 0 Å². The molecule has 0 saturated heterocycles. The number of rotatable bonds is 5. The van der Waals surface area contributed by atoms with Gasteiger partial charge in [0.05, 0.1) is 11.0 Å². The first-order chi connectivity index (χ1) is 12.7. The third-order valence-corrected chi connectivity index (χ3v) is 4.31. The number of benzene rings is 3. The minimum Gasteiger partial charge on any atom is -0.486 e. The molecule has 4 nitrogen and oxygen atoms in total. The number of hydrogen-bond acceptors (Lipinski definition) is 3. The zero-order valence-electron chi connectivity index (χ0n) is 14.8. The highest BCUT2D eigenvalue weighted by atomic mass is 16.5. The van der Waals surface area contributed by atoms with Gasteiger partial charge in [0.15, 0.2) is 0 Å². The van der Waals surface area contributed by atoms with E-state index in [2.05, 4.69) is 11.9 Å². The van der Waals surface area contributed by atoms with E-state index in [1.807, 2.05) is 84.4 Å². The molecule has 0 amide bonds. The average molecular weight is 344 g/mol. The Morgan fingerprint density at radius 2 is 1.58 bits per heavy atom. The van der Waals surface area contributed by atoms with Crippen molar-refractivity contribution in [2.75, 3.05) is 0 Å². The first kappa shape index (κ1) is 16.2. The Kier molecular flexibility index (Phi) is 4.32. The van der Waals surface area contributed by atoms with Crippen LogP contribution in [0.1, 0.15) is 11.4 Å². The van der Waals surface area contributed by atoms with Gasteiger partial charge in [-0.05, 0) is 43.3 Å². The predicted molar refractivity (Wildman–Crippen MR) is 103 cm³/mol. The number of aromatic nitrogens is 2. The minimum atomic E-state index is 0.420. The molecule has 0 radical (unpaired) electrons. The van der Waals surface area contributed by atoms with Crippen LogP contribution < -0.4 is 9.47 Å². The second-order valence-corrected chi connectivity index (χ2v) is 6.25. The molecule has 0 spiro atoms. The summed E-state index contributed by atoms with van der Waals surface area (Å²) in [6, 6.07) is 23.7. The maximum Gasteiger partial charge on any atom is 0.147 e. The molecule has 0 aliphatic carbocycles. The normalized spacial score (nSPS) is 10.8. The Morgan fingerprint density at radius 1 is 0.846 bits per heavy atom. The summed E-state index contributed by atoms with van der Waals surface area (Å²) >= 11 is 0. The number of imidazole rings is 1. The van der Waals surface area contributed by atoms with E-state index in [0.29, 0.717) is 6.61 Å². The van der Waals surface area contributed by atoms with E-state index in [0.717, 1.165) is 34.1 Å². The second-order valence-electron chi connectivity index (χ2n) is 6.25. The first-order valence-electron chi connectivity index (χ1n) is 8.57. The van der Waals surface area contributed by atoms with Gasteiger partial charge >= 0.3 is 0 Å². The lowest BCUT2D eigenvalue weighted by atomic mass is 10.2. The molecule has 4 rings (SSSR count). The molecule has 4 aromatic rings. The van der Waals surface area contributed by atoms with E-state index in [9.17, 15) is 0 Å². The van der Waals surface area contributed by atoms with Crippen molar-refractivity contribution in [2.24, 2.45) is 7.05 Å². The van der Waals surface area contributed by atoms with Gasteiger partial charge in [0.1, 0.15) is 29.7 Å². The van der Waals surface area contributed by atoms with Crippen molar-refractivity contribution >= 4 is 11.0 Å². The van der Waals surface area contributed by atoms with Gasteiger partial charge in [-0.3, -0.25) is 0 Å². The quantitative estimate of drug-likeness (QED) is 0.496. The lowest BCUT2D eigenvalue weighted by molar-refractivity contribution is 0.292. The molecule has 1 aromatic heterocycles. The molecule has 130 valence electrons. The van der Waals surface area contributed by atoms with Crippen molar-refractivity contribution in [3.8, 4) is 17.2 Å². The third-order valence-electron chi connectivity index (χ3n) is 4.31. The van der Waals surface area contributed by atoms with Crippen LogP contribution >= 0.6 is 0 Å². The zero-order valence-corrected chi connectivity index (χ0v) is 14.8. The average Bonchev–Trinajstić information content (AvgIpc) is 2.98. The molecular formula is C22H20N2O2. The van der Waals surface area contributed by atoms with E-state index in [-0.39, 0.29) is 0 Å². The van der Waals surface area contributed by atoms with Crippen LogP contribution in [0.15, 0.2) is 72.8 Å². The Bertz CT molecular complexity index is 1020. The lowest BCUT2D eigenvalue weighted by Crippen LogP contribution is -2.03. The van der Waals surface area contributed by atoms with Crippen LogP contribution in [0.2, 0.25) is 0 Å². The third kappa shape index (κ3) is 3.40. The first-order valence-corrected chi connectivity index (χ1v) is 8.57. The molecule has 0 aliphatic rings. The molecule has 0 N–H and O–H groups in total. The van der Waals surface area contributed by atoms with Gasteiger partial charge in [-0.2, -0.15) is 0 Å². The number of nitrogens with zero attached hydrogens (tertiary/aromatic N) is 2. The SMILES string of the molecule is Cc1ccc(Oc2ccc3nc(COc4ccccc4)n(C)c3c2)cc1. The van der Waals surface area contributed by atoms with Gasteiger partial charge in [-0.15, -0.1) is 0 Å². The van der Waals surface area contributed by atoms with Crippen molar-refractivity contribution < 1.29 is 9.47 Å². The number of para-hydroxylation sites is 1. The molecular weight excluding hydrogens is 324 g/mol. The van der Waals surface area contributed by atoms with Crippen molar-refractivity contribution in [1.29, 1.82) is 0 Å². The fourth-order valence-corrected chi connectivity index (χ4v) is 2.82. The summed E-state index contributed by atoms with van der Waals surface area (Å²) in [5, 5.41) is 0. The summed E-state index contributed by atoms with van der Waals surface area (Å²) in [7, 11) is 1.99. The Labute approximate surface area is 152 Å². The van der Waals surface area contributed by atoms with Gasteiger partial charge in [0.25, 0.3) is 0 Å². The topological polar surface area (TPSA) is 36.3 Å². The summed E-state index contributed by atoms with van der Waals surface area (Å²) in [4.78, 5) is 4.67. The fraction of sp³-hybridized carbons (Fsp3) is 0.136. The highest BCUT2D eigenvalue weighted by Gasteiger charge is 2.10. The zero-order chi connectivity index (χ0) is 17.9. The Balaban J connectivity index is 1.56. The highest BCUT2D eigenvalue weighted by molar-refractivity contribution is 5.77. The molecule has 0 atom stereocenters. The smallest absolute Gasteiger partial charge is 0.147 e. The standard InChI is InChI=1S/C22H20N2O2/c1-16-8-10-18(11-9-16)26-19-12-13-20-21(14-19)24(2)22(23-20)15-25-17-6-4-3-5-7-17/h3-14H,15H2,1-2H3. The molecule has 0 fully saturated rings. The predicted octanol–water partition coefficient (Wildman–Crippen LogP) is 5.25. The van der Waals surface area contributed by atoms with E-state index >= 15 is 0 Å². The van der Waals surface area contributed by atoms with Gasteiger partial charge in [0.2, 0.25) is 0 Å². The van der Waals surface area contributed by atoms with E-state index in [4.69, 9.17) is 9.47 Å². The highest BCUT2D eigenvalue weighted by Crippen LogP contribution is 2.26. The maximum atomic E-state index is 5.96.